The number of carboxylic acid groups (broad SMARTS) is 1. The van der Waals surface area contributed by atoms with Crippen molar-refractivity contribution >= 4 is 5.97 Å². The van der Waals surface area contributed by atoms with Gasteiger partial charge in [0, 0.05) is 19.0 Å². The highest BCUT2D eigenvalue weighted by atomic mass is 16.4. The molecule has 0 amide bonds. The highest BCUT2D eigenvalue weighted by Gasteiger charge is 2.06. The lowest BCUT2D eigenvalue weighted by atomic mass is 10.3. The summed E-state index contributed by atoms with van der Waals surface area (Å²) in [5.41, 5.74) is 0.297. The zero-order valence-corrected chi connectivity index (χ0v) is 9.57. The van der Waals surface area contributed by atoms with E-state index in [4.69, 9.17) is 9.52 Å². The molecule has 94 valence electrons. The fraction of sp³-hybridized carbons (Fsp3) is 0.250. The van der Waals surface area contributed by atoms with E-state index in [0.717, 1.165) is 0 Å². The van der Waals surface area contributed by atoms with Gasteiger partial charge in [-0.1, -0.05) is 0 Å². The highest BCUT2D eigenvalue weighted by Crippen LogP contribution is 2.15. The van der Waals surface area contributed by atoms with Crippen molar-refractivity contribution in [3.63, 3.8) is 0 Å². The zero-order valence-electron chi connectivity index (χ0n) is 9.57. The van der Waals surface area contributed by atoms with Crippen LogP contribution in [0.4, 0.5) is 0 Å². The average Bonchev–Trinajstić information content (AvgIpc) is 2.84. The van der Waals surface area contributed by atoms with Crippen LogP contribution in [0.5, 0.6) is 0 Å². The van der Waals surface area contributed by atoms with Gasteiger partial charge in [-0.05, 0) is 24.6 Å². The van der Waals surface area contributed by atoms with E-state index in [9.17, 15) is 9.59 Å². The van der Waals surface area contributed by atoms with Gasteiger partial charge >= 0.3 is 5.97 Å². The molecule has 6 nitrogen and oxygen atoms in total. The van der Waals surface area contributed by atoms with Crippen molar-refractivity contribution in [3.8, 4) is 11.5 Å². The number of aryl methyl sites for hydroxylation is 1. The molecular formula is C12H12N2O4. The van der Waals surface area contributed by atoms with Crippen LogP contribution in [0, 0.1) is 0 Å². The second-order valence-corrected chi connectivity index (χ2v) is 3.75. The largest absolute Gasteiger partial charge is 0.481 e. The number of nitrogens with zero attached hydrogens (tertiary/aromatic N) is 2. The molecule has 0 saturated carbocycles. The number of furan rings is 1. The molecule has 0 aromatic carbocycles. The molecule has 6 heteroatoms. The molecule has 0 bridgehead atoms. The Hall–Kier alpha value is -2.37. The van der Waals surface area contributed by atoms with Gasteiger partial charge in [0.15, 0.2) is 5.76 Å². The van der Waals surface area contributed by atoms with Gasteiger partial charge in [-0.2, -0.15) is 5.10 Å². The molecule has 2 heterocycles. The van der Waals surface area contributed by atoms with Gasteiger partial charge < -0.3 is 9.52 Å². The lowest BCUT2D eigenvalue weighted by Crippen LogP contribution is -2.22. The second kappa shape index (κ2) is 5.31. The van der Waals surface area contributed by atoms with Crippen molar-refractivity contribution in [1.82, 2.24) is 9.78 Å². The van der Waals surface area contributed by atoms with Crippen LogP contribution in [-0.4, -0.2) is 20.9 Å². The van der Waals surface area contributed by atoms with Crippen molar-refractivity contribution in [1.29, 1.82) is 0 Å². The van der Waals surface area contributed by atoms with Crippen molar-refractivity contribution in [3.05, 3.63) is 40.9 Å². The van der Waals surface area contributed by atoms with Gasteiger partial charge in [0.1, 0.15) is 5.69 Å². The number of hydrogen-bond donors (Lipinski definition) is 1. The first kappa shape index (κ1) is 12.1. The van der Waals surface area contributed by atoms with E-state index in [1.54, 1.807) is 18.2 Å². The van der Waals surface area contributed by atoms with Gasteiger partial charge in [-0.15, -0.1) is 0 Å². The maximum Gasteiger partial charge on any atom is 0.303 e. The molecule has 0 atom stereocenters. The Bertz CT molecular complexity index is 586. The monoisotopic (exact) mass is 248 g/mol. The smallest absolute Gasteiger partial charge is 0.303 e. The maximum atomic E-state index is 11.5. The third-order valence-corrected chi connectivity index (χ3v) is 2.40. The minimum Gasteiger partial charge on any atom is -0.481 e. The Balaban J connectivity index is 2.17. The van der Waals surface area contributed by atoms with E-state index in [0.29, 0.717) is 17.9 Å². The lowest BCUT2D eigenvalue weighted by Gasteiger charge is -2.04. The summed E-state index contributed by atoms with van der Waals surface area (Å²) in [5.74, 6) is -0.313. The molecule has 0 radical (unpaired) electrons. The van der Waals surface area contributed by atoms with Crippen molar-refractivity contribution < 1.29 is 14.3 Å². The van der Waals surface area contributed by atoms with E-state index in [2.05, 4.69) is 5.10 Å². The molecule has 0 unspecified atom stereocenters. The minimum absolute atomic E-state index is 0.0130. The summed E-state index contributed by atoms with van der Waals surface area (Å²) in [6.45, 7) is 0.277. The molecule has 0 saturated heterocycles. The lowest BCUT2D eigenvalue weighted by molar-refractivity contribution is -0.137. The molecule has 0 aliphatic rings. The third kappa shape index (κ3) is 2.85. The standard InChI is InChI=1S/C12H12N2O4/c15-11-6-5-9(10-3-2-8-18-10)13-14(11)7-1-4-12(16)17/h2-3,5-6,8H,1,4,7H2,(H,16,17). The number of aromatic nitrogens is 2. The van der Waals surface area contributed by atoms with Crippen molar-refractivity contribution in [2.45, 2.75) is 19.4 Å². The van der Waals surface area contributed by atoms with Gasteiger partial charge in [0.05, 0.1) is 6.26 Å². The predicted molar refractivity (Wildman–Crippen MR) is 63.1 cm³/mol. The number of aliphatic carboxylic acids is 1. The Morgan fingerprint density at radius 3 is 2.89 bits per heavy atom. The molecule has 0 aliphatic heterocycles. The second-order valence-electron chi connectivity index (χ2n) is 3.75. The van der Waals surface area contributed by atoms with Crippen LogP contribution in [0.2, 0.25) is 0 Å². The van der Waals surface area contributed by atoms with Crippen LogP contribution in [0.3, 0.4) is 0 Å². The van der Waals surface area contributed by atoms with Crippen LogP contribution in [-0.2, 0) is 11.3 Å². The van der Waals surface area contributed by atoms with Crippen LogP contribution in [0.25, 0.3) is 11.5 Å². The first-order chi connectivity index (χ1) is 8.66. The molecule has 18 heavy (non-hydrogen) atoms. The number of carboxylic acids is 1. The molecule has 0 fully saturated rings. The van der Waals surface area contributed by atoms with Crippen LogP contribution < -0.4 is 5.56 Å². The summed E-state index contributed by atoms with van der Waals surface area (Å²) in [4.78, 5) is 21.9. The topological polar surface area (TPSA) is 85.3 Å². The summed E-state index contributed by atoms with van der Waals surface area (Å²) in [6, 6.07) is 6.45. The Morgan fingerprint density at radius 2 is 2.22 bits per heavy atom. The molecule has 0 aliphatic carbocycles. The van der Waals surface area contributed by atoms with Gasteiger partial charge in [-0.3, -0.25) is 9.59 Å². The Kier molecular flexibility index (Phi) is 3.57. The fourth-order valence-electron chi connectivity index (χ4n) is 1.54. The normalized spacial score (nSPS) is 10.4. The minimum atomic E-state index is -0.884. The first-order valence-electron chi connectivity index (χ1n) is 5.50. The zero-order chi connectivity index (χ0) is 13.0. The molecule has 2 aromatic rings. The quantitative estimate of drug-likeness (QED) is 0.863. The molecule has 0 spiro atoms. The highest BCUT2D eigenvalue weighted by molar-refractivity contribution is 5.66. The van der Waals surface area contributed by atoms with E-state index in [1.165, 1.54) is 17.0 Å². The number of rotatable bonds is 5. The van der Waals surface area contributed by atoms with Gasteiger partial charge in [-0.25, -0.2) is 4.68 Å². The SMILES string of the molecule is O=C(O)CCCn1nc(-c2ccco2)ccc1=O. The summed E-state index contributed by atoms with van der Waals surface area (Å²) in [5, 5.41) is 12.7. The molecule has 2 aromatic heterocycles. The number of carbonyl (C=O) groups is 1. The third-order valence-electron chi connectivity index (χ3n) is 2.40. The van der Waals surface area contributed by atoms with Gasteiger partial charge in [0.25, 0.3) is 5.56 Å². The van der Waals surface area contributed by atoms with E-state index >= 15 is 0 Å². The Morgan fingerprint density at radius 1 is 1.39 bits per heavy atom. The molecule has 2 rings (SSSR count). The van der Waals surface area contributed by atoms with Crippen molar-refractivity contribution in [2.24, 2.45) is 0 Å². The summed E-state index contributed by atoms with van der Waals surface area (Å²) in [7, 11) is 0. The fourth-order valence-corrected chi connectivity index (χ4v) is 1.54. The van der Waals surface area contributed by atoms with E-state index < -0.39 is 5.97 Å². The maximum absolute atomic E-state index is 11.5. The summed E-state index contributed by atoms with van der Waals surface area (Å²) >= 11 is 0. The number of hydrogen-bond acceptors (Lipinski definition) is 4. The van der Waals surface area contributed by atoms with Crippen LogP contribution in [0.15, 0.2) is 39.7 Å². The van der Waals surface area contributed by atoms with E-state index in [1.807, 2.05) is 0 Å². The molecular weight excluding hydrogens is 236 g/mol. The van der Waals surface area contributed by atoms with Gasteiger partial charge in [0.2, 0.25) is 0 Å². The Labute approximate surface area is 102 Å². The first-order valence-corrected chi connectivity index (χ1v) is 5.50. The van der Waals surface area contributed by atoms with Crippen LogP contribution in [0.1, 0.15) is 12.8 Å². The summed E-state index contributed by atoms with van der Waals surface area (Å²) < 4.78 is 6.44. The summed E-state index contributed by atoms with van der Waals surface area (Å²) in [6.07, 6.45) is 1.90. The van der Waals surface area contributed by atoms with Crippen molar-refractivity contribution in [2.75, 3.05) is 0 Å². The molecule has 1 N–H and O–H groups in total. The van der Waals surface area contributed by atoms with Crippen LogP contribution >= 0.6 is 0 Å². The average molecular weight is 248 g/mol. The van der Waals surface area contributed by atoms with E-state index in [-0.39, 0.29) is 18.5 Å². The predicted octanol–water partition coefficient (Wildman–Crippen LogP) is 1.37.